The van der Waals surface area contributed by atoms with Gasteiger partial charge >= 0.3 is 5.97 Å². The molecule has 0 bridgehead atoms. The zero-order chi connectivity index (χ0) is 12.9. The molecule has 0 aromatic rings. The number of hydrogen-bond donors (Lipinski definition) is 2. The summed E-state index contributed by atoms with van der Waals surface area (Å²) in [5.74, 6) is -0.145. The van der Waals surface area contributed by atoms with Crippen LogP contribution < -0.4 is 5.32 Å². The van der Waals surface area contributed by atoms with Crippen LogP contribution in [0.1, 0.15) is 52.4 Å². The van der Waals surface area contributed by atoms with E-state index >= 15 is 0 Å². The highest BCUT2D eigenvalue weighted by Crippen LogP contribution is 2.41. The first-order chi connectivity index (χ1) is 7.92. The smallest absolute Gasteiger partial charge is 0.303 e. The highest BCUT2D eigenvalue weighted by Gasteiger charge is 2.33. The predicted octanol–water partition coefficient (Wildman–Crippen LogP) is 2.18. The fourth-order valence-corrected chi connectivity index (χ4v) is 2.15. The van der Waals surface area contributed by atoms with E-state index in [4.69, 9.17) is 5.11 Å². The third-order valence-electron chi connectivity index (χ3n) is 3.75. The monoisotopic (exact) mass is 241 g/mol. The fraction of sp³-hybridized carbons (Fsp3) is 0.846. The molecule has 1 amide bonds. The van der Waals surface area contributed by atoms with Crippen LogP contribution in [0.5, 0.6) is 0 Å². The number of rotatable bonds is 7. The molecule has 0 saturated heterocycles. The average molecular weight is 241 g/mol. The Morgan fingerprint density at radius 2 is 1.94 bits per heavy atom. The first-order valence-corrected chi connectivity index (χ1v) is 6.40. The molecule has 0 atom stereocenters. The lowest BCUT2D eigenvalue weighted by atomic mass is 9.67. The number of aliphatic carboxylic acids is 1. The normalized spacial score (nSPS) is 16.4. The Kier molecular flexibility index (Phi) is 4.97. The van der Waals surface area contributed by atoms with Gasteiger partial charge in [-0.15, -0.1) is 0 Å². The second kappa shape index (κ2) is 6.03. The number of hydrogen-bond acceptors (Lipinski definition) is 2. The fourth-order valence-electron chi connectivity index (χ4n) is 2.15. The van der Waals surface area contributed by atoms with Crippen LogP contribution in [0, 0.1) is 11.3 Å². The van der Waals surface area contributed by atoms with Gasteiger partial charge in [0.1, 0.15) is 0 Å². The quantitative estimate of drug-likeness (QED) is 0.718. The molecule has 0 aromatic heterocycles. The summed E-state index contributed by atoms with van der Waals surface area (Å²) < 4.78 is 0. The second-order valence-electron chi connectivity index (χ2n) is 5.64. The standard InChI is InChI=1S/C13H23NO3/c1-13(2,10-5-3-6-10)9-14-11(15)7-4-8-12(16)17/h10H,3-9H2,1-2H3,(H,14,15)(H,16,17). The zero-order valence-corrected chi connectivity index (χ0v) is 10.8. The maximum absolute atomic E-state index is 11.5. The molecule has 1 aliphatic carbocycles. The molecule has 4 nitrogen and oxygen atoms in total. The van der Waals surface area contributed by atoms with E-state index in [1.807, 2.05) is 0 Å². The van der Waals surface area contributed by atoms with Gasteiger partial charge in [-0.1, -0.05) is 20.3 Å². The second-order valence-corrected chi connectivity index (χ2v) is 5.64. The lowest BCUT2D eigenvalue weighted by Crippen LogP contribution is -2.40. The Morgan fingerprint density at radius 3 is 2.41 bits per heavy atom. The van der Waals surface area contributed by atoms with Gasteiger partial charge in [0.05, 0.1) is 0 Å². The minimum atomic E-state index is -0.840. The predicted molar refractivity (Wildman–Crippen MR) is 65.6 cm³/mol. The van der Waals surface area contributed by atoms with E-state index in [1.165, 1.54) is 19.3 Å². The molecular weight excluding hydrogens is 218 g/mol. The molecule has 1 rings (SSSR count). The number of carbonyl (C=O) groups is 2. The molecule has 0 aliphatic heterocycles. The molecule has 1 saturated carbocycles. The van der Waals surface area contributed by atoms with E-state index in [-0.39, 0.29) is 17.7 Å². The van der Waals surface area contributed by atoms with E-state index in [1.54, 1.807) is 0 Å². The van der Waals surface area contributed by atoms with E-state index in [0.29, 0.717) is 19.4 Å². The lowest BCUT2D eigenvalue weighted by molar-refractivity contribution is -0.137. The van der Waals surface area contributed by atoms with Gasteiger partial charge in [0.25, 0.3) is 0 Å². The van der Waals surface area contributed by atoms with Crippen LogP contribution in [0.2, 0.25) is 0 Å². The SMILES string of the molecule is CC(C)(CNC(=O)CCCC(=O)O)C1CCC1. The molecule has 4 heteroatoms. The van der Waals surface area contributed by atoms with Gasteiger partial charge in [-0.05, 0) is 30.6 Å². The maximum atomic E-state index is 11.5. The number of amides is 1. The van der Waals surface area contributed by atoms with Gasteiger partial charge in [0, 0.05) is 19.4 Å². The van der Waals surface area contributed by atoms with Crippen LogP contribution in [0.4, 0.5) is 0 Å². The summed E-state index contributed by atoms with van der Waals surface area (Å²) in [6.07, 6.45) is 4.64. The van der Waals surface area contributed by atoms with Gasteiger partial charge in [0.2, 0.25) is 5.91 Å². The summed E-state index contributed by atoms with van der Waals surface area (Å²) in [5.41, 5.74) is 0.167. The Labute approximate surface area is 103 Å². The molecule has 1 fully saturated rings. The molecule has 0 aromatic carbocycles. The third-order valence-corrected chi connectivity index (χ3v) is 3.75. The van der Waals surface area contributed by atoms with Crippen LogP contribution in [-0.4, -0.2) is 23.5 Å². The van der Waals surface area contributed by atoms with Crippen molar-refractivity contribution in [3.05, 3.63) is 0 Å². The highest BCUT2D eigenvalue weighted by molar-refractivity contribution is 5.76. The lowest BCUT2D eigenvalue weighted by Gasteiger charge is -2.40. The van der Waals surface area contributed by atoms with Crippen LogP contribution >= 0.6 is 0 Å². The summed E-state index contributed by atoms with van der Waals surface area (Å²) in [7, 11) is 0. The highest BCUT2D eigenvalue weighted by atomic mass is 16.4. The molecule has 0 heterocycles. The van der Waals surface area contributed by atoms with E-state index in [0.717, 1.165) is 5.92 Å². The van der Waals surface area contributed by atoms with Gasteiger partial charge < -0.3 is 10.4 Å². The molecule has 1 aliphatic rings. The summed E-state index contributed by atoms with van der Waals surface area (Å²) in [6, 6.07) is 0. The minimum absolute atomic E-state index is 0.0290. The zero-order valence-electron chi connectivity index (χ0n) is 10.8. The molecule has 0 spiro atoms. The first-order valence-electron chi connectivity index (χ1n) is 6.40. The average Bonchev–Trinajstić information content (AvgIpc) is 2.10. The Balaban J connectivity index is 2.16. The van der Waals surface area contributed by atoms with Crippen LogP contribution in [0.3, 0.4) is 0 Å². The van der Waals surface area contributed by atoms with Crippen molar-refractivity contribution in [2.75, 3.05) is 6.54 Å². The van der Waals surface area contributed by atoms with Crippen molar-refractivity contribution >= 4 is 11.9 Å². The van der Waals surface area contributed by atoms with Crippen molar-refractivity contribution in [3.8, 4) is 0 Å². The van der Waals surface area contributed by atoms with Crippen LogP contribution in [-0.2, 0) is 9.59 Å². The molecule has 0 radical (unpaired) electrons. The van der Waals surface area contributed by atoms with Gasteiger partial charge in [-0.2, -0.15) is 0 Å². The molecule has 17 heavy (non-hydrogen) atoms. The molecule has 0 unspecified atom stereocenters. The van der Waals surface area contributed by atoms with Crippen molar-refractivity contribution in [2.45, 2.75) is 52.4 Å². The summed E-state index contributed by atoms with van der Waals surface area (Å²) >= 11 is 0. The van der Waals surface area contributed by atoms with Crippen molar-refractivity contribution < 1.29 is 14.7 Å². The topological polar surface area (TPSA) is 66.4 Å². The largest absolute Gasteiger partial charge is 0.481 e. The van der Waals surface area contributed by atoms with E-state index in [2.05, 4.69) is 19.2 Å². The first kappa shape index (κ1) is 14.0. The van der Waals surface area contributed by atoms with Crippen LogP contribution in [0.25, 0.3) is 0 Å². The molecule has 98 valence electrons. The van der Waals surface area contributed by atoms with Gasteiger partial charge in [-0.25, -0.2) is 0 Å². The Bertz CT molecular complexity index is 282. The van der Waals surface area contributed by atoms with Gasteiger partial charge in [-0.3, -0.25) is 9.59 Å². The number of carboxylic acids is 1. The Morgan fingerprint density at radius 1 is 1.29 bits per heavy atom. The number of carbonyl (C=O) groups excluding carboxylic acids is 1. The number of carboxylic acid groups (broad SMARTS) is 1. The van der Waals surface area contributed by atoms with E-state index < -0.39 is 5.97 Å². The third kappa shape index (κ3) is 4.75. The molecule has 2 N–H and O–H groups in total. The Hall–Kier alpha value is -1.06. The van der Waals surface area contributed by atoms with Crippen molar-refractivity contribution in [2.24, 2.45) is 11.3 Å². The van der Waals surface area contributed by atoms with Crippen molar-refractivity contribution in [3.63, 3.8) is 0 Å². The maximum Gasteiger partial charge on any atom is 0.303 e. The summed E-state index contributed by atoms with van der Waals surface area (Å²) in [6.45, 7) is 5.08. The van der Waals surface area contributed by atoms with Gasteiger partial charge in [0.15, 0.2) is 0 Å². The van der Waals surface area contributed by atoms with Crippen molar-refractivity contribution in [1.82, 2.24) is 5.32 Å². The molecular formula is C13H23NO3. The van der Waals surface area contributed by atoms with E-state index in [9.17, 15) is 9.59 Å². The van der Waals surface area contributed by atoms with Crippen molar-refractivity contribution in [1.29, 1.82) is 0 Å². The summed E-state index contributed by atoms with van der Waals surface area (Å²) in [4.78, 5) is 21.8. The minimum Gasteiger partial charge on any atom is -0.481 e. The number of nitrogens with one attached hydrogen (secondary N) is 1. The van der Waals surface area contributed by atoms with Crippen LogP contribution in [0.15, 0.2) is 0 Å². The summed E-state index contributed by atoms with van der Waals surface area (Å²) in [5, 5.41) is 11.4.